The standard InChI is InChI=1S/C25H25N5O3/c1-25(2,3)22-9-16(13-33-22)12-27-23(31)20-10-21(29-14-28-20)24(32)30-19-7-5-17-8-15(11-26)4-6-18(17)19/h4,6,8-10,13-14,19H,5,7,12H2,1-3H3,(H,27,31)(H,30,32)/t19-/m0/s1. The molecule has 1 aliphatic rings. The topological polar surface area (TPSA) is 121 Å². The number of hydrogen-bond acceptors (Lipinski definition) is 6. The molecule has 2 heterocycles. The van der Waals surface area contributed by atoms with Crippen LogP contribution in [0.1, 0.15) is 82.2 Å². The predicted molar refractivity (Wildman–Crippen MR) is 120 cm³/mol. The minimum absolute atomic E-state index is 0.111. The first-order chi connectivity index (χ1) is 15.7. The lowest BCUT2D eigenvalue weighted by Crippen LogP contribution is -2.29. The lowest BCUT2D eigenvalue weighted by molar-refractivity contribution is 0.0931. The van der Waals surface area contributed by atoms with E-state index >= 15 is 0 Å². The number of carbonyl (C=O) groups excluding carboxylic acids is 2. The first kappa shape index (κ1) is 22.2. The number of carbonyl (C=O) groups is 2. The largest absolute Gasteiger partial charge is 0.468 e. The van der Waals surface area contributed by atoms with Gasteiger partial charge in [-0.05, 0) is 42.2 Å². The molecule has 0 radical (unpaired) electrons. The van der Waals surface area contributed by atoms with Gasteiger partial charge in [0.25, 0.3) is 11.8 Å². The van der Waals surface area contributed by atoms with Crippen LogP contribution in [0.3, 0.4) is 0 Å². The van der Waals surface area contributed by atoms with Crippen molar-refractivity contribution < 1.29 is 14.0 Å². The Morgan fingerprint density at radius 1 is 1.15 bits per heavy atom. The number of rotatable bonds is 5. The fourth-order valence-corrected chi connectivity index (χ4v) is 3.81. The normalized spacial score (nSPS) is 14.9. The van der Waals surface area contributed by atoms with Crippen molar-refractivity contribution in [2.45, 2.75) is 51.6 Å². The molecule has 1 atom stereocenters. The van der Waals surface area contributed by atoms with Crippen molar-refractivity contribution in [1.29, 1.82) is 5.26 Å². The summed E-state index contributed by atoms with van der Waals surface area (Å²) in [6.07, 6.45) is 4.37. The molecular formula is C25H25N5O3. The molecule has 3 aromatic rings. The Hall–Kier alpha value is -3.99. The molecule has 4 rings (SSSR count). The summed E-state index contributed by atoms with van der Waals surface area (Å²) in [5, 5.41) is 14.8. The van der Waals surface area contributed by atoms with Crippen LogP contribution in [0.4, 0.5) is 0 Å². The van der Waals surface area contributed by atoms with Gasteiger partial charge in [0.05, 0.1) is 23.9 Å². The summed E-state index contributed by atoms with van der Waals surface area (Å²) in [5.74, 6) is 0.0589. The van der Waals surface area contributed by atoms with E-state index in [0.29, 0.717) is 5.56 Å². The molecule has 0 saturated carbocycles. The molecule has 8 nitrogen and oxygen atoms in total. The van der Waals surface area contributed by atoms with Gasteiger partial charge in [-0.1, -0.05) is 26.8 Å². The summed E-state index contributed by atoms with van der Waals surface area (Å²) >= 11 is 0. The molecule has 1 aromatic carbocycles. The summed E-state index contributed by atoms with van der Waals surface area (Å²) in [5.41, 5.74) is 3.64. The number of fused-ring (bicyclic) bond motifs is 1. The molecule has 0 aliphatic heterocycles. The second-order valence-electron chi connectivity index (χ2n) is 9.13. The number of nitrogens with one attached hydrogen (secondary N) is 2. The van der Waals surface area contributed by atoms with E-state index in [-0.39, 0.29) is 35.3 Å². The van der Waals surface area contributed by atoms with E-state index < -0.39 is 5.91 Å². The minimum atomic E-state index is -0.403. The Bertz CT molecular complexity index is 1250. The summed E-state index contributed by atoms with van der Waals surface area (Å²) in [4.78, 5) is 33.4. The molecule has 2 amide bonds. The van der Waals surface area contributed by atoms with E-state index in [1.807, 2.05) is 18.2 Å². The summed E-state index contributed by atoms with van der Waals surface area (Å²) in [6.45, 7) is 6.44. The highest BCUT2D eigenvalue weighted by atomic mass is 16.3. The van der Waals surface area contributed by atoms with E-state index in [0.717, 1.165) is 35.3 Å². The van der Waals surface area contributed by atoms with Gasteiger partial charge in [0.1, 0.15) is 23.5 Å². The Kier molecular flexibility index (Phi) is 5.97. The fraction of sp³-hybridized carbons (Fsp3) is 0.320. The fourth-order valence-electron chi connectivity index (χ4n) is 3.81. The van der Waals surface area contributed by atoms with Crippen LogP contribution in [0, 0.1) is 11.3 Å². The molecule has 0 fully saturated rings. The smallest absolute Gasteiger partial charge is 0.270 e. The summed E-state index contributed by atoms with van der Waals surface area (Å²) in [6, 6.07) is 10.8. The van der Waals surface area contributed by atoms with Crippen LogP contribution in [0.25, 0.3) is 0 Å². The van der Waals surface area contributed by atoms with Gasteiger partial charge in [-0.2, -0.15) is 5.26 Å². The zero-order valence-electron chi connectivity index (χ0n) is 18.8. The maximum atomic E-state index is 12.8. The van der Waals surface area contributed by atoms with Gasteiger partial charge in [-0.3, -0.25) is 9.59 Å². The lowest BCUT2D eigenvalue weighted by Gasteiger charge is -2.14. The zero-order valence-corrected chi connectivity index (χ0v) is 18.8. The molecule has 2 aromatic heterocycles. The van der Waals surface area contributed by atoms with Gasteiger partial charge >= 0.3 is 0 Å². The van der Waals surface area contributed by atoms with Crippen LogP contribution in [0.15, 0.2) is 47.3 Å². The monoisotopic (exact) mass is 443 g/mol. The van der Waals surface area contributed by atoms with Crippen LogP contribution >= 0.6 is 0 Å². The van der Waals surface area contributed by atoms with Gasteiger partial charge in [-0.25, -0.2) is 9.97 Å². The van der Waals surface area contributed by atoms with Gasteiger partial charge in [-0.15, -0.1) is 0 Å². The second-order valence-corrected chi connectivity index (χ2v) is 9.13. The van der Waals surface area contributed by atoms with Crippen LogP contribution in [0.2, 0.25) is 0 Å². The number of benzene rings is 1. The number of nitrogens with zero attached hydrogens (tertiary/aromatic N) is 3. The van der Waals surface area contributed by atoms with E-state index in [4.69, 9.17) is 9.68 Å². The SMILES string of the molecule is CC(C)(C)c1cc(CNC(=O)c2cc(C(=O)N[C@H]3CCc4cc(C#N)ccc43)ncn2)co1. The van der Waals surface area contributed by atoms with Crippen LogP contribution in [0.5, 0.6) is 0 Å². The Balaban J connectivity index is 1.39. The third kappa shape index (κ3) is 4.93. The van der Waals surface area contributed by atoms with E-state index in [2.05, 4.69) is 47.4 Å². The lowest BCUT2D eigenvalue weighted by atomic mass is 9.93. The molecule has 8 heteroatoms. The quantitative estimate of drug-likeness (QED) is 0.622. The van der Waals surface area contributed by atoms with Crippen molar-refractivity contribution >= 4 is 11.8 Å². The first-order valence-corrected chi connectivity index (χ1v) is 10.8. The van der Waals surface area contributed by atoms with Crippen molar-refractivity contribution in [3.05, 3.63) is 82.3 Å². The van der Waals surface area contributed by atoms with Gasteiger partial charge in [0, 0.05) is 23.6 Å². The number of aromatic nitrogens is 2. The highest BCUT2D eigenvalue weighted by molar-refractivity contribution is 5.97. The van der Waals surface area contributed by atoms with Gasteiger partial charge in [0.2, 0.25) is 0 Å². The minimum Gasteiger partial charge on any atom is -0.468 e. The van der Waals surface area contributed by atoms with Gasteiger partial charge < -0.3 is 15.1 Å². The van der Waals surface area contributed by atoms with Crippen molar-refractivity contribution in [3.63, 3.8) is 0 Å². The van der Waals surface area contributed by atoms with Crippen molar-refractivity contribution in [3.8, 4) is 6.07 Å². The van der Waals surface area contributed by atoms with Crippen LogP contribution < -0.4 is 10.6 Å². The van der Waals surface area contributed by atoms with Gasteiger partial charge in [0.15, 0.2) is 0 Å². The average Bonchev–Trinajstić information content (AvgIpc) is 3.44. The van der Waals surface area contributed by atoms with Crippen molar-refractivity contribution in [2.75, 3.05) is 0 Å². The average molecular weight is 444 g/mol. The summed E-state index contributed by atoms with van der Waals surface area (Å²) < 4.78 is 5.57. The Labute approximate surface area is 192 Å². The van der Waals surface area contributed by atoms with Crippen molar-refractivity contribution in [1.82, 2.24) is 20.6 Å². The molecule has 0 bridgehead atoms. The van der Waals surface area contributed by atoms with E-state index in [9.17, 15) is 9.59 Å². The molecule has 168 valence electrons. The second kappa shape index (κ2) is 8.87. The highest BCUT2D eigenvalue weighted by Crippen LogP contribution is 2.32. The Morgan fingerprint density at radius 3 is 2.61 bits per heavy atom. The number of aryl methyl sites for hydroxylation is 1. The number of amides is 2. The molecule has 33 heavy (non-hydrogen) atoms. The third-order valence-corrected chi connectivity index (χ3v) is 5.63. The molecular weight excluding hydrogens is 418 g/mol. The molecule has 0 unspecified atom stereocenters. The maximum absolute atomic E-state index is 12.8. The highest BCUT2D eigenvalue weighted by Gasteiger charge is 2.25. The maximum Gasteiger partial charge on any atom is 0.270 e. The summed E-state index contributed by atoms with van der Waals surface area (Å²) in [7, 11) is 0. The Morgan fingerprint density at radius 2 is 1.91 bits per heavy atom. The molecule has 2 N–H and O–H groups in total. The van der Waals surface area contributed by atoms with Crippen LogP contribution in [-0.4, -0.2) is 21.8 Å². The third-order valence-electron chi connectivity index (χ3n) is 5.63. The van der Waals surface area contributed by atoms with E-state index in [1.165, 1.54) is 12.4 Å². The number of hydrogen-bond donors (Lipinski definition) is 2. The number of nitriles is 1. The van der Waals surface area contributed by atoms with Crippen molar-refractivity contribution in [2.24, 2.45) is 0 Å². The number of furan rings is 1. The predicted octanol–water partition coefficient (Wildman–Crippen LogP) is 3.59. The first-order valence-electron chi connectivity index (χ1n) is 10.8. The molecule has 0 saturated heterocycles. The molecule has 1 aliphatic carbocycles. The molecule has 0 spiro atoms. The van der Waals surface area contributed by atoms with E-state index in [1.54, 1.807) is 12.3 Å². The zero-order chi connectivity index (χ0) is 23.6. The van der Waals surface area contributed by atoms with Crippen LogP contribution in [-0.2, 0) is 18.4 Å².